The van der Waals surface area contributed by atoms with E-state index in [4.69, 9.17) is 16.3 Å². The van der Waals surface area contributed by atoms with Gasteiger partial charge in [-0.25, -0.2) is 4.98 Å². The molecular weight excluding hydrogens is 294 g/mol. The molecule has 2 rings (SSSR count). The second kappa shape index (κ2) is 6.99. The van der Waals surface area contributed by atoms with Crippen LogP contribution in [-0.4, -0.2) is 21.5 Å². The molecule has 1 heterocycles. The van der Waals surface area contributed by atoms with Crippen molar-refractivity contribution >= 4 is 17.3 Å². The minimum Gasteiger partial charge on any atom is -0.473 e. The second-order valence-electron chi connectivity index (χ2n) is 4.43. The van der Waals surface area contributed by atoms with Crippen LogP contribution < -0.4 is 4.74 Å². The number of hydrogen-bond acceptors (Lipinski definition) is 5. The van der Waals surface area contributed by atoms with E-state index >= 15 is 0 Å². The number of aryl methyl sites for hydroxylation is 2. The molecule has 0 saturated heterocycles. The zero-order valence-electron chi connectivity index (χ0n) is 11.5. The summed E-state index contributed by atoms with van der Waals surface area (Å²) in [6.07, 6.45) is 1.55. The quantitative estimate of drug-likeness (QED) is 0.354. The first-order chi connectivity index (χ1) is 10.1. The van der Waals surface area contributed by atoms with Crippen LogP contribution >= 0.6 is 11.6 Å². The van der Waals surface area contributed by atoms with Crippen molar-refractivity contribution in [2.24, 2.45) is 0 Å². The van der Waals surface area contributed by atoms with Gasteiger partial charge in [0.25, 0.3) is 5.88 Å². The van der Waals surface area contributed by atoms with Gasteiger partial charge in [-0.2, -0.15) is 4.98 Å². The molecule has 0 saturated carbocycles. The molecule has 21 heavy (non-hydrogen) atoms. The van der Waals surface area contributed by atoms with Crippen LogP contribution in [0.1, 0.15) is 17.7 Å². The Labute approximate surface area is 126 Å². The standard InChI is InChI=1S/C14H14ClN3O3/c1-10-12(18(19)20)13(17-14(15)16-10)21-9-5-8-11-6-3-2-4-7-11/h2-4,6-7H,5,8-9H2,1H3. The summed E-state index contributed by atoms with van der Waals surface area (Å²) in [4.78, 5) is 18.0. The topological polar surface area (TPSA) is 78.2 Å². The van der Waals surface area contributed by atoms with Crippen molar-refractivity contribution in [2.75, 3.05) is 6.61 Å². The lowest BCUT2D eigenvalue weighted by Gasteiger charge is -2.07. The largest absolute Gasteiger partial charge is 0.473 e. The summed E-state index contributed by atoms with van der Waals surface area (Å²) in [5.41, 5.74) is 1.14. The number of halogens is 1. The first kappa shape index (κ1) is 15.2. The van der Waals surface area contributed by atoms with Crippen molar-refractivity contribution in [3.05, 3.63) is 57.0 Å². The van der Waals surface area contributed by atoms with Crippen LogP contribution in [0.4, 0.5) is 5.69 Å². The van der Waals surface area contributed by atoms with Crippen LogP contribution in [0.2, 0.25) is 5.28 Å². The summed E-state index contributed by atoms with van der Waals surface area (Å²) < 4.78 is 5.40. The molecule has 110 valence electrons. The normalized spacial score (nSPS) is 10.4. The second-order valence-corrected chi connectivity index (χ2v) is 4.76. The van der Waals surface area contributed by atoms with Gasteiger partial charge in [0, 0.05) is 0 Å². The molecule has 0 fully saturated rings. The summed E-state index contributed by atoms with van der Waals surface area (Å²) in [6, 6.07) is 9.93. The van der Waals surface area contributed by atoms with E-state index in [1.54, 1.807) is 0 Å². The molecule has 6 nitrogen and oxygen atoms in total. The monoisotopic (exact) mass is 307 g/mol. The Hall–Kier alpha value is -2.21. The van der Waals surface area contributed by atoms with Gasteiger partial charge < -0.3 is 4.74 Å². The lowest BCUT2D eigenvalue weighted by atomic mass is 10.1. The van der Waals surface area contributed by atoms with E-state index in [9.17, 15) is 10.1 Å². The fraction of sp³-hybridized carbons (Fsp3) is 0.286. The van der Waals surface area contributed by atoms with Crippen LogP contribution in [0, 0.1) is 17.0 Å². The van der Waals surface area contributed by atoms with Gasteiger partial charge in [-0.15, -0.1) is 0 Å². The predicted molar refractivity (Wildman–Crippen MR) is 78.7 cm³/mol. The van der Waals surface area contributed by atoms with Gasteiger partial charge in [0.2, 0.25) is 5.28 Å². The molecule has 0 bridgehead atoms. The maximum Gasteiger partial charge on any atom is 0.352 e. The van der Waals surface area contributed by atoms with Crippen LogP contribution in [-0.2, 0) is 6.42 Å². The van der Waals surface area contributed by atoms with Crippen molar-refractivity contribution in [1.29, 1.82) is 0 Å². The maximum atomic E-state index is 11.0. The average molecular weight is 308 g/mol. The summed E-state index contributed by atoms with van der Waals surface area (Å²) >= 11 is 5.71. The molecule has 0 aliphatic carbocycles. The van der Waals surface area contributed by atoms with E-state index in [1.165, 1.54) is 12.5 Å². The smallest absolute Gasteiger partial charge is 0.352 e. The van der Waals surface area contributed by atoms with Gasteiger partial charge >= 0.3 is 5.69 Å². The third-order valence-corrected chi connectivity index (χ3v) is 3.04. The number of hydrogen-bond donors (Lipinski definition) is 0. The van der Waals surface area contributed by atoms with Crippen molar-refractivity contribution in [3.8, 4) is 5.88 Å². The van der Waals surface area contributed by atoms with Crippen LogP contribution in [0.25, 0.3) is 0 Å². The van der Waals surface area contributed by atoms with E-state index < -0.39 is 4.92 Å². The molecule has 0 aliphatic heterocycles. The summed E-state index contributed by atoms with van der Waals surface area (Å²) in [6.45, 7) is 1.82. The first-order valence-corrected chi connectivity index (χ1v) is 6.81. The van der Waals surface area contributed by atoms with E-state index in [0.29, 0.717) is 6.61 Å². The number of rotatable bonds is 6. The Balaban J connectivity index is 1.98. The number of aromatic nitrogens is 2. The summed E-state index contributed by atoms with van der Waals surface area (Å²) in [7, 11) is 0. The van der Waals surface area contributed by atoms with Crippen molar-refractivity contribution in [3.63, 3.8) is 0 Å². The first-order valence-electron chi connectivity index (χ1n) is 6.43. The molecule has 0 atom stereocenters. The molecule has 1 aromatic carbocycles. The Morgan fingerprint density at radius 1 is 1.29 bits per heavy atom. The molecule has 0 amide bonds. The van der Waals surface area contributed by atoms with E-state index in [-0.39, 0.29) is 22.5 Å². The number of ether oxygens (including phenoxy) is 1. The lowest BCUT2D eigenvalue weighted by molar-refractivity contribution is -0.387. The lowest BCUT2D eigenvalue weighted by Crippen LogP contribution is -2.06. The van der Waals surface area contributed by atoms with Gasteiger partial charge in [-0.3, -0.25) is 10.1 Å². The Morgan fingerprint density at radius 2 is 2.00 bits per heavy atom. The maximum absolute atomic E-state index is 11.0. The molecule has 1 aromatic heterocycles. The van der Waals surface area contributed by atoms with E-state index in [2.05, 4.69) is 9.97 Å². The predicted octanol–water partition coefficient (Wildman–Crippen LogP) is 3.36. The van der Waals surface area contributed by atoms with Gasteiger partial charge in [0.05, 0.1) is 11.5 Å². The van der Waals surface area contributed by atoms with Crippen molar-refractivity contribution < 1.29 is 9.66 Å². The molecular formula is C14H14ClN3O3. The Morgan fingerprint density at radius 3 is 2.67 bits per heavy atom. The molecule has 2 aromatic rings. The highest BCUT2D eigenvalue weighted by Gasteiger charge is 2.23. The third-order valence-electron chi connectivity index (χ3n) is 2.87. The fourth-order valence-electron chi connectivity index (χ4n) is 1.91. The van der Waals surface area contributed by atoms with Crippen LogP contribution in [0.3, 0.4) is 0 Å². The Kier molecular flexibility index (Phi) is 5.05. The summed E-state index contributed by atoms with van der Waals surface area (Å²) in [5, 5.41) is 11.0. The highest BCUT2D eigenvalue weighted by Crippen LogP contribution is 2.28. The fourth-order valence-corrected chi connectivity index (χ4v) is 2.11. The zero-order valence-corrected chi connectivity index (χ0v) is 12.2. The van der Waals surface area contributed by atoms with Crippen molar-refractivity contribution in [1.82, 2.24) is 9.97 Å². The minimum atomic E-state index is -0.557. The zero-order chi connectivity index (χ0) is 15.2. The molecule has 0 radical (unpaired) electrons. The minimum absolute atomic E-state index is 0.0591. The van der Waals surface area contributed by atoms with Crippen LogP contribution in [0.5, 0.6) is 5.88 Å². The molecule has 7 heteroatoms. The molecule has 0 spiro atoms. The van der Waals surface area contributed by atoms with Gasteiger partial charge in [-0.1, -0.05) is 30.3 Å². The van der Waals surface area contributed by atoms with E-state index in [1.807, 2.05) is 30.3 Å². The van der Waals surface area contributed by atoms with Gasteiger partial charge in [0.1, 0.15) is 5.69 Å². The van der Waals surface area contributed by atoms with Crippen molar-refractivity contribution in [2.45, 2.75) is 19.8 Å². The van der Waals surface area contributed by atoms with Gasteiger partial charge in [0.15, 0.2) is 0 Å². The summed E-state index contributed by atoms with van der Waals surface area (Å²) in [5.74, 6) is -0.0782. The third kappa shape index (κ3) is 4.13. The molecule has 0 N–H and O–H groups in total. The average Bonchev–Trinajstić information content (AvgIpc) is 2.43. The van der Waals surface area contributed by atoms with E-state index in [0.717, 1.165) is 12.8 Å². The number of nitrogens with zero attached hydrogens (tertiary/aromatic N) is 3. The number of nitro groups is 1. The Bertz CT molecular complexity index is 635. The highest BCUT2D eigenvalue weighted by atomic mass is 35.5. The SMILES string of the molecule is Cc1nc(Cl)nc(OCCCc2ccccc2)c1[N+](=O)[O-]. The molecule has 0 aliphatic rings. The highest BCUT2D eigenvalue weighted by molar-refractivity contribution is 6.28. The molecule has 0 unspecified atom stereocenters. The van der Waals surface area contributed by atoms with Gasteiger partial charge in [-0.05, 0) is 36.9 Å². The number of benzene rings is 1. The van der Waals surface area contributed by atoms with Crippen LogP contribution in [0.15, 0.2) is 30.3 Å².